The second kappa shape index (κ2) is 5.05. The van der Waals surface area contributed by atoms with E-state index in [1.807, 2.05) is 0 Å². The Labute approximate surface area is 113 Å². The fraction of sp³-hybridized carbons (Fsp3) is 0.333. The van der Waals surface area contributed by atoms with Gasteiger partial charge in [-0.15, -0.1) is 0 Å². The van der Waals surface area contributed by atoms with Crippen molar-refractivity contribution in [3.05, 3.63) is 29.0 Å². The molecule has 1 aromatic carbocycles. The van der Waals surface area contributed by atoms with E-state index in [0.29, 0.717) is 18.5 Å². The molecule has 102 valence electrons. The van der Waals surface area contributed by atoms with Crippen LogP contribution in [0.3, 0.4) is 0 Å². The van der Waals surface area contributed by atoms with Gasteiger partial charge >= 0.3 is 12.0 Å². The molecule has 0 bridgehead atoms. The number of urea groups is 1. The van der Waals surface area contributed by atoms with Crippen LogP contribution < -0.4 is 10.6 Å². The Kier molecular flexibility index (Phi) is 3.61. The number of benzene rings is 1. The third-order valence-electron chi connectivity index (χ3n) is 3.15. The summed E-state index contributed by atoms with van der Waals surface area (Å²) in [4.78, 5) is 22.8. The predicted molar refractivity (Wildman–Crippen MR) is 67.8 cm³/mol. The van der Waals surface area contributed by atoms with Crippen molar-refractivity contribution in [1.82, 2.24) is 5.32 Å². The van der Waals surface area contributed by atoms with E-state index in [4.69, 9.17) is 16.7 Å². The van der Waals surface area contributed by atoms with Crippen LogP contribution in [0, 0.1) is 5.82 Å². The zero-order chi connectivity index (χ0) is 14.0. The van der Waals surface area contributed by atoms with Crippen molar-refractivity contribution in [3.8, 4) is 0 Å². The standard InChI is InChI=1S/C12H12ClFN2O3/c13-8-6-7(2-3-9(8)14)15-11(19)16-12(10(17)18)4-1-5-12/h2-3,6H,1,4-5H2,(H,17,18)(H2,15,16,19). The SMILES string of the molecule is O=C(Nc1ccc(F)c(Cl)c1)NC1(C(=O)O)CCC1. The fourth-order valence-electron chi connectivity index (χ4n) is 1.88. The highest BCUT2D eigenvalue weighted by Crippen LogP contribution is 2.32. The number of carboxylic acids is 1. The maximum atomic E-state index is 12.9. The highest BCUT2D eigenvalue weighted by molar-refractivity contribution is 6.31. The zero-order valence-corrected chi connectivity index (χ0v) is 10.6. The highest BCUT2D eigenvalue weighted by Gasteiger charge is 2.45. The molecule has 0 radical (unpaired) electrons. The van der Waals surface area contributed by atoms with E-state index in [1.54, 1.807) is 0 Å². The third-order valence-corrected chi connectivity index (χ3v) is 3.44. The molecule has 1 saturated carbocycles. The Bertz CT molecular complexity index is 532. The molecule has 0 aromatic heterocycles. The summed E-state index contributed by atoms with van der Waals surface area (Å²) in [5.74, 6) is -1.64. The Hall–Kier alpha value is -1.82. The Morgan fingerprint density at radius 3 is 2.53 bits per heavy atom. The number of carbonyl (C=O) groups excluding carboxylic acids is 1. The van der Waals surface area contributed by atoms with Gasteiger partial charge in [-0.2, -0.15) is 0 Å². The number of halogens is 2. The van der Waals surface area contributed by atoms with Crippen LogP contribution in [0.15, 0.2) is 18.2 Å². The van der Waals surface area contributed by atoms with Gasteiger partial charge in [-0.1, -0.05) is 11.6 Å². The molecular weight excluding hydrogens is 275 g/mol. The number of rotatable bonds is 3. The average Bonchev–Trinajstić information content (AvgIpc) is 2.28. The lowest BCUT2D eigenvalue weighted by atomic mass is 9.77. The summed E-state index contributed by atoms with van der Waals surface area (Å²) in [6.07, 6.45) is 1.56. The second-order valence-electron chi connectivity index (χ2n) is 4.45. The molecule has 0 spiro atoms. The molecule has 1 aliphatic rings. The van der Waals surface area contributed by atoms with Crippen LogP contribution in [-0.2, 0) is 4.79 Å². The van der Waals surface area contributed by atoms with Crippen molar-refractivity contribution in [1.29, 1.82) is 0 Å². The summed E-state index contributed by atoms with van der Waals surface area (Å²) in [6, 6.07) is 3.07. The molecule has 1 fully saturated rings. The quantitative estimate of drug-likeness (QED) is 0.799. The first-order valence-corrected chi connectivity index (χ1v) is 6.08. The van der Waals surface area contributed by atoms with Gasteiger partial charge in [0.15, 0.2) is 0 Å². The fourth-order valence-corrected chi connectivity index (χ4v) is 2.06. The first-order chi connectivity index (χ1) is 8.93. The highest BCUT2D eigenvalue weighted by atomic mass is 35.5. The maximum absolute atomic E-state index is 12.9. The monoisotopic (exact) mass is 286 g/mol. The average molecular weight is 287 g/mol. The van der Waals surface area contributed by atoms with Crippen LogP contribution in [0.1, 0.15) is 19.3 Å². The van der Waals surface area contributed by atoms with Crippen molar-refractivity contribution < 1.29 is 19.1 Å². The Morgan fingerprint density at radius 2 is 2.05 bits per heavy atom. The summed E-state index contributed by atoms with van der Waals surface area (Å²) in [5, 5.41) is 13.8. The number of amides is 2. The van der Waals surface area contributed by atoms with Crippen LogP contribution in [0.25, 0.3) is 0 Å². The van der Waals surface area contributed by atoms with E-state index in [-0.39, 0.29) is 5.02 Å². The van der Waals surface area contributed by atoms with Crippen LogP contribution in [0.5, 0.6) is 0 Å². The van der Waals surface area contributed by atoms with Gasteiger partial charge in [0.05, 0.1) is 5.02 Å². The van der Waals surface area contributed by atoms with Crippen molar-refractivity contribution >= 4 is 29.3 Å². The molecule has 1 aromatic rings. The van der Waals surface area contributed by atoms with Crippen molar-refractivity contribution in [2.75, 3.05) is 5.32 Å². The third kappa shape index (κ3) is 2.78. The molecule has 2 amide bonds. The number of aliphatic carboxylic acids is 1. The van der Waals surface area contributed by atoms with Gasteiger partial charge in [-0.3, -0.25) is 0 Å². The molecule has 0 heterocycles. The van der Waals surface area contributed by atoms with Gasteiger partial charge in [0.1, 0.15) is 11.4 Å². The van der Waals surface area contributed by atoms with Gasteiger partial charge in [-0.05, 0) is 37.5 Å². The lowest BCUT2D eigenvalue weighted by Gasteiger charge is -2.38. The second-order valence-corrected chi connectivity index (χ2v) is 4.86. The largest absolute Gasteiger partial charge is 0.480 e. The number of anilines is 1. The lowest BCUT2D eigenvalue weighted by Crippen LogP contribution is -2.60. The molecule has 0 atom stereocenters. The minimum atomic E-state index is -1.19. The summed E-state index contributed by atoms with van der Waals surface area (Å²) < 4.78 is 12.9. The molecule has 5 nitrogen and oxygen atoms in total. The molecule has 0 saturated heterocycles. The predicted octanol–water partition coefficient (Wildman–Crippen LogP) is 2.61. The summed E-state index contributed by atoms with van der Waals surface area (Å²) in [7, 11) is 0. The van der Waals surface area contributed by atoms with Crippen LogP contribution in [-0.4, -0.2) is 22.6 Å². The molecule has 7 heteroatoms. The Balaban J connectivity index is 2.01. The van der Waals surface area contributed by atoms with E-state index in [9.17, 15) is 14.0 Å². The first-order valence-electron chi connectivity index (χ1n) is 5.70. The molecule has 3 N–H and O–H groups in total. The summed E-state index contributed by atoms with van der Waals surface area (Å²) in [5.41, 5.74) is -0.891. The molecule has 0 aliphatic heterocycles. The van der Waals surface area contributed by atoms with Crippen LogP contribution in [0.4, 0.5) is 14.9 Å². The first kappa shape index (κ1) is 13.6. The minimum Gasteiger partial charge on any atom is -0.480 e. The van der Waals surface area contributed by atoms with Gasteiger partial charge in [0.25, 0.3) is 0 Å². The van der Waals surface area contributed by atoms with Crippen molar-refractivity contribution in [2.24, 2.45) is 0 Å². The molecule has 2 rings (SSSR count). The molecule has 0 unspecified atom stereocenters. The summed E-state index contributed by atoms with van der Waals surface area (Å²) in [6.45, 7) is 0. The zero-order valence-electron chi connectivity index (χ0n) is 9.87. The van der Waals surface area contributed by atoms with Gasteiger partial charge in [0, 0.05) is 5.69 Å². The number of nitrogens with one attached hydrogen (secondary N) is 2. The smallest absolute Gasteiger partial charge is 0.329 e. The normalized spacial score (nSPS) is 16.3. The van der Waals surface area contributed by atoms with Gasteiger partial charge in [-0.25, -0.2) is 14.0 Å². The number of hydrogen-bond acceptors (Lipinski definition) is 2. The number of carboxylic acid groups (broad SMARTS) is 1. The van der Waals surface area contributed by atoms with E-state index >= 15 is 0 Å². The molecule has 19 heavy (non-hydrogen) atoms. The van der Waals surface area contributed by atoms with Crippen LogP contribution >= 0.6 is 11.6 Å². The van der Waals surface area contributed by atoms with Crippen molar-refractivity contribution in [2.45, 2.75) is 24.8 Å². The van der Waals surface area contributed by atoms with E-state index in [0.717, 1.165) is 12.5 Å². The summed E-state index contributed by atoms with van der Waals surface area (Å²) >= 11 is 5.58. The maximum Gasteiger partial charge on any atom is 0.329 e. The molecule has 1 aliphatic carbocycles. The van der Waals surface area contributed by atoms with E-state index in [2.05, 4.69) is 10.6 Å². The molecular formula is C12H12ClFN2O3. The minimum absolute atomic E-state index is 0.116. The number of carbonyl (C=O) groups is 2. The van der Waals surface area contributed by atoms with E-state index in [1.165, 1.54) is 12.1 Å². The number of hydrogen-bond donors (Lipinski definition) is 3. The topological polar surface area (TPSA) is 78.4 Å². The van der Waals surface area contributed by atoms with Gasteiger partial charge in [0.2, 0.25) is 0 Å². The van der Waals surface area contributed by atoms with Crippen molar-refractivity contribution in [3.63, 3.8) is 0 Å². The van der Waals surface area contributed by atoms with Gasteiger partial charge < -0.3 is 15.7 Å². The lowest BCUT2D eigenvalue weighted by molar-refractivity contribution is -0.148. The Morgan fingerprint density at radius 1 is 1.37 bits per heavy atom. The van der Waals surface area contributed by atoms with Crippen LogP contribution in [0.2, 0.25) is 5.02 Å². The van der Waals surface area contributed by atoms with E-state index < -0.39 is 23.4 Å².